The number of ketones is 1. The van der Waals surface area contributed by atoms with Gasteiger partial charge < -0.3 is 9.47 Å². The van der Waals surface area contributed by atoms with Crippen molar-refractivity contribution in [3.8, 4) is 0 Å². The van der Waals surface area contributed by atoms with Gasteiger partial charge in [0.2, 0.25) is 0 Å². The van der Waals surface area contributed by atoms with E-state index in [2.05, 4.69) is 29.4 Å². The Morgan fingerprint density at radius 2 is 1.92 bits per heavy atom. The van der Waals surface area contributed by atoms with Crippen LogP contribution in [0.3, 0.4) is 0 Å². The van der Waals surface area contributed by atoms with E-state index in [0.29, 0.717) is 6.54 Å². The molecule has 2 aliphatic heterocycles. The average molecular weight is 349 g/mol. The molecular formula is C22H27N3O. The van der Waals surface area contributed by atoms with Crippen molar-refractivity contribution in [2.24, 2.45) is 10.4 Å². The molecular weight excluding hydrogens is 322 g/mol. The van der Waals surface area contributed by atoms with Crippen LogP contribution in [-0.4, -0.2) is 47.1 Å². The molecule has 0 atom stereocenters. The first kappa shape index (κ1) is 16.2. The summed E-state index contributed by atoms with van der Waals surface area (Å²) in [6.07, 6.45) is 4.68. The first-order valence-electron chi connectivity index (χ1n) is 9.97. The molecule has 26 heavy (non-hydrogen) atoms. The zero-order valence-electron chi connectivity index (χ0n) is 15.8. The van der Waals surface area contributed by atoms with E-state index in [0.717, 1.165) is 37.2 Å². The molecule has 4 nitrogen and oxygen atoms in total. The minimum atomic E-state index is 0.162. The van der Waals surface area contributed by atoms with Gasteiger partial charge in [0.05, 0.1) is 0 Å². The van der Waals surface area contributed by atoms with Crippen molar-refractivity contribution >= 4 is 22.4 Å². The molecule has 5 rings (SSSR count). The number of likely N-dealkylation sites (tertiary alicyclic amines) is 1. The molecule has 1 aromatic heterocycles. The molecule has 0 N–H and O–H groups in total. The Bertz CT molecular complexity index is 929. The Morgan fingerprint density at radius 1 is 1.12 bits per heavy atom. The van der Waals surface area contributed by atoms with Gasteiger partial charge in [-0.15, -0.1) is 0 Å². The molecule has 0 spiro atoms. The molecule has 1 aliphatic carbocycles. The second-order valence-corrected chi connectivity index (χ2v) is 8.93. The molecule has 1 saturated heterocycles. The minimum Gasteiger partial charge on any atom is -0.343 e. The van der Waals surface area contributed by atoms with Crippen LogP contribution < -0.4 is 0 Å². The van der Waals surface area contributed by atoms with Gasteiger partial charge in [0, 0.05) is 46.5 Å². The number of benzene rings is 1. The van der Waals surface area contributed by atoms with E-state index in [1.807, 2.05) is 12.1 Å². The molecule has 3 heterocycles. The number of carbonyl (C=O) groups is 1. The van der Waals surface area contributed by atoms with Crippen LogP contribution in [0.2, 0.25) is 0 Å². The second-order valence-electron chi connectivity index (χ2n) is 8.93. The van der Waals surface area contributed by atoms with Gasteiger partial charge in [0.25, 0.3) is 0 Å². The maximum absolute atomic E-state index is 12.7. The van der Waals surface area contributed by atoms with Crippen LogP contribution in [0, 0.1) is 5.41 Å². The maximum Gasteiger partial charge on any atom is 0.184 e. The normalized spacial score (nSPS) is 21.9. The molecule has 0 bridgehead atoms. The predicted octanol–water partition coefficient (Wildman–Crippen LogP) is 3.69. The van der Waals surface area contributed by atoms with Crippen LogP contribution >= 0.6 is 0 Å². The van der Waals surface area contributed by atoms with Crippen LogP contribution in [0.15, 0.2) is 23.2 Å². The highest BCUT2D eigenvalue weighted by atomic mass is 16.1. The molecule has 0 amide bonds. The zero-order valence-corrected chi connectivity index (χ0v) is 15.8. The van der Waals surface area contributed by atoms with Crippen molar-refractivity contribution < 1.29 is 4.79 Å². The first-order valence-corrected chi connectivity index (χ1v) is 9.97. The van der Waals surface area contributed by atoms with Gasteiger partial charge in [-0.25, -0.2) is 0 Å². The minimum absolute atomic E-state index is 0.162. The summed E-state index contributed by atoms with van der Waals surface area (Å²) in [5.41, 5.74) is 6.13. The summed E-state index contributed by atoms with van der Waals surface area (Å²) >= 11 is 0. The van der Waals surface area contributed by atoms with E-state index in [1.54, 1.807) is 0 Å². The number of hydrogen-bond acceptors (Lipinski definition) is 3. The summed E-state index contributed by atoms with van der Waals surface area (Å²) in [5.74, 6) is 0.162. The Labute approximate surface area is 154 Å². The SMILES string of the molecule is CC1(C)CC2=NCC(=O)c3cccc4c3c2c(n4CCN2CCCC2)C1. The van der Waals surface area contributed by atoms with E-state index in [4.69, 9.17) is 4.99 Å². The fourth-order valence-corrected chi connectivity index (χ4v) is 5.13. The Kier molecular flexibility index (Phi) is 3.61. The van der Waals surface area contributed by atoms with Gasteiger partial charge in [-0.3, -0.25) is 9.79 Å². The molecule has 0 saturated carbocycles. The fourth-order valence-electron chi connectivity index (χ4n) is 5.13. The number of rotatable bonds is 3. The van der Waals surface area contributed by atoms with E-state index >= 15 is 0 Å². The van der Waals surface area contributed by atoms with Crippen molar-refractivity contribution in [1.29, 1.82) is 0 Å². The highest BCUT2D eigenvalue weighted by Gasteiger charge is 2.36. The lowest BCUT2D eigenvalue weighted by Crippen LogP contribution is -2.30. The van der Waals surface area contributed by atoms with Gasteiger partial charge in [-0.2, -0.15) is 0 Å². The molecule has 0 radical (unpaired) electrons. The monoisotopic (exact) mass is 349 g/mol. The molecule has 1 fully saturated rings. The first-order chi connectivity index (χ1) is 12.5. The number of aromatic nitrogens is 1. The van der Waals surface area contributed by atoms with Gasteiger partial charge in [0.15, 0.2) is 5.78 Å². The summed E-state index contributed by atoms with van der Waals surface area (Å²) in [7, 11) is 0. The lowest BCUT2D eigenvalue weighted by Gasteiger charge is -2.32. The fraction of sp³-hybridized carbons (Fsp3) is 0.545. The van der Waals surface area contributed by atoms with E-state index in [-0.39, 0.29) is 11.2 Å². The van der Waals surface area contributed by atoms with Gasteiger partial charge in [0.1, 0.15) is 6.54 Å². The molecule has 4 heteroatoms. The highest BCUT2D eigenvalue weighted by molar-refractivity contribution is 6.22. The van der Waals surface area contributed by atoms with Crippen LogP contribution in [0.25, 0.3) is 10.9 Å². The predicted molar refractivity (Wildman–Crippen MR) is 105 cm³/mol. The molecule has 136 valence electrons. The zero-order chi connectivity index (χ0) is 17.9. The Morgan fingerprint density at radius 3 is 2.73 bits per heavy atom. The number of nitrogens with zero attached hydrogens (tertiary/aromatic N) is 3. The number of hydrogen-bond donors (Lipinski definition) is 0. The topological polar surface area (TPSA) is 37.6 Å². The number of Topliss-reactive ketones (excluding diaryl/α,β-unsaturated/α-hetero) is 1. The van der Waals surface area contributed by atoms with Crippen molar-refractivity contribution in [3.05, 3.63) is 35.0 Å². The van der Waals surface area contributed by atoms with Crippen molar-refractivity contribution in [2.75, 3.05) is 26.2 Å². The summed E-state index contributed by atoms with van der Waals surface area (Å²) in [6, 6.07) is 6.24. The lowest BCUT2D eigenvalue weighted by molar-refractivity contribution is 0.100. The van der Waals surface area contributed by atoms with Crippen molar-refractivity contribution in [3.63, 3.8) is 0 Å². The van der Waals surface area contributed by atoms with Gasteiger partial charge >= 0.3 is 0 Å². The largest absolute Gasteiger partial charge is 0.343 e. The molecule has 0 unspecified atom stereocenters. The molecule has 2 aromatic rings. The Hall–Kier alpha value is -1.94. The quantitative estimate of drug-likeness (QED) is 0.847. The third kappa shape index (κ3) is 2.46. The van der Waals surface area contributed by atoms with Crippen molar-refractivity contribution in [1.82, 2.24) is 9.47 Å². The van der Waals surface area contributed by atoms with Gasteiger partial charge in [-0.05, 0) is 50.3 Å². The van der Waals surface area contributed by atoms with Crippen LogP contribution in [0.5, 0.6) is 0 Å². The smallest absolute Gasteiger partial charge is 0.184 e. The lowest BCUT2D eigenvalue weighted by atomic mass is 9.75. The van der Waals surface area contributed by atoms with Crippen LogP contribution in [0.4, 0.5) is 0 Å². The number of carbonyl (C=O) groups excluding carboxylic acids is 1. The molecule has 3 aliphatic rings. The standard InChI is InChI=1S/C22H27N3O/c1-22(2)12-16-21-18(13-22)25(11-10-24-8-3-4-9-24)17-7-5-6-15(20(17)21)19(26)14-23-16/h5-7H,3-4,8-14H2,1-2H3. The third-order valence-electron chi connectivity index (χ3n) is 6.33. The van der Waals surface area contributed by atoms with Crippen LogP contribution in [0.1, 0.15) is 54.7 Å². The molecule has 1 aromatic carbocycles. The van der Waals surface area contributed by atoms with E-state index in [9.17, 15) is 4.79 Å². The Balaban J connectivity index is 1.70. The average Bonchev–Trinajstić information content (AvgIpc) is 3.18. The van der Waals surface area contributed by atoms with Crippen molar-refractivity contribution in [2.45, 2.75) is 46.1 Å². The highest BCUT2D eigenvalue weighted by Crippen LogP contribution is 2.42. The van der Waals surface area contributed by atoms with Crippen LogP contribution in [-0.2, 0) is 13.0 Å². The summed E-state index contributed by atoms with van der Waals surface area (Å²) < 4.78 is 2.50. The van der Waals surface area contributed by atoms with E-state index in [1.165, 1.54) is 48.1 Å². The van der Waals surface area contributed by atoms with E-state index < -0.39 is 0 Å². The summed E-state index contributed by atoms with van der Waals surface area (Å²) in [5, 5.41) is 1.17. The summed E-state index contributed by atoms with van der Waals surface area (Å²) in [4.78, 5) is 20.0. The summed E-state index contributed by atoms with van der Waals surface area (Å²) in [6.45, 7) is 9.51. The maximum atomic E-state index is 12.7. The van der Waals surface area contributed by atoms with Gasteiger partial charge in [-0.1, -0.05) is 26.0 Å². The number of aliphatic imine (C=N–C) groups is 1. The second kappa shape index (κ2) is 5.78. The third-order valence-corrected chi connectivity index (χ3v) is 6.33.